The first-order chi connectivity index (χ1) is 16.1. The van der Waals surface area contributed by atoms with Crippen LogP contribution in [0, 0.1) is 0 Å². The summed E-state index contributed by atoms with van der Waals surface area (Å²) in [5, 5.41) is 16.5. The fourth-order valence-corrected chi connectivity index (χ4v) is 4.35. The summed E-state index contributed by atoms with van der Waals surface area (Å²) in [7, 11) is -4.38. The third kappa shape index (κ3) is 5.03. The normalized spacial score (nSPS) is 15.4. The third-order valence-corrected chi connectivity index (χ3v) is 7.30. The first-order valence-electron chi connectivity index (χ1n) is 10.6. The van der Waals surface area contributed by atoms with E-state index in [1.165, 1.54) is 24.3 Å². The van der Waals surface area contributed by atoms with Gasteiger partial charge in [-0.1, -0.05) is 12.1 Å². The molecule has 2 aromatic carbocycles. The molecule has 34 heavy (non-hydrogen) atoms. The maximum atomic E-state index is 13.4. The van der Waals surface area contributed by atoms with Crippen LogP contribution in [0.2, 0.25) is 0 Å². The highest BCUT2D eigenvalue weighted by molar-refractivity contribution is 7.93. The molecule has 3 rings (SSSR count). The van der Waals surface area contributed by atoms with Crippen molar-refractivity contribution in [2.75, 3.05) is 30.1 Å². The molecule has 11 nitrogen and oxygen atoms in total. The molecule has 5 N–H and O–H groups in total. The lowest BCUT2D eigenvalue weighted by molar-refractivity contribution is -0.139. The second-order valence-electron chi connectivity index (χ2n) is 7.61. The average molecular weight is 490 g/mol. The van der Waals surface area contributed by atoms with Gasteiger partial charge in [0.05, 0.1) is 28.4 Å². The van der Waals surface area contributed by atoms with Crippen LogP contribution >= 0.6 is 0 Å². The van der Waals surface area contributed by atoms with Gasteiger partial charge in [-0.3, -0.25) is 14.6 Å². The molecule has 0 aromatic heterocycles. The van der Waals surface area contributed by atoms with Crippen LogP contribution < -0.4 is 21.4 Å². The molecule has 12 heteroatoms. The average Bonchev–Trinajstić information content (AvgIpc) is 2.83. The molecular formula is C22H27N5O6S. The van der Waals surface area contributed by atoms with E-state index in [2.05, 4.69) is 15.6 Å². The number of amides is 1. The summed E-state index contributed by atoms with van der Waals surface area (Å²) in [5.74, 6) is -1.61. The number of carboxylic acids is 1. The third-order valence-electron chi connectivity index (χ3n) is 5.11. The molecule has 0 unspecified atom stereocenters. The highest BCUT2D eigenvalue weighted by Gasteiger charge is 2.44. The van der Waals surface area contributed by atoms with Gasteiger partial charge in [-0.05, 0) is 56.7 Å². The summed E-state index contributed by atoms with van der Waals surface area (Å²) in [5.41, 5.74) is 6.61. The zero-order valence-electron chi connectivity index (χ0n) is 18.8. The van der Waals surface area contributed by atoms with Crippen LogP contribution in [-0.2, 0) is 19.5 Å². The monoisotopic (exact) mass is 489 g/mol. The number of hydroxylamine groups is 1. The second kappa shape index (κ2) is 10.2. The van der Waals surface area contributed by atoms with Crippen molar-refractivity contribution < 1.29 is 28.0 Å². The summed E-state index contributed by atoms with van der Waals surface area (Å²) in [4.78, 5) is 31.9. The van der Waals surface area contributed by atoms with Crippen molar-refractivity contribution in [3.63, 3.8) is 0 Å². The Morgan fingerprint density at radius 3 is 2.50 bits per heavy atom. The van der Waals surface area contributed by atoms with E-state index in [-0.39, 0.29) is 17.2 Å². The summed E-state index contributed by atoms with van der Waals surface area (Å²) in [6, 6.07) is 11.9. The number of nitrogens with two attached hydrogens (primary N) is 1. The predicted octanol–water partition coefficient (Wildman–Crippen LogP) is 1.58. The molecule has 1 aliphatic rings. The van der Waals surface area contributed by atoms with Gasteiger partial charge in [0.25, 0.3) is 5.91 Å². The van der Waals surface area contributed by atoms with Gasteiger partial charge in [-0.15, -0.1) is 0 Å². The van der Waals surface area contributed by atoms with E-state index in [0.717, 1.165) is 25.0 Å². The molecule has 0 spiro atoms. The molecule has 0 bridgehead atoms. The minimum absolute atomic E-state index is 0.162. The molecule has 1 amide bonds. The topological polar surface area (TPSA) is 163 Å². The molecule has 2 aromatic rings. The zero-order chi connectivity index (χ0) is 24.9. The minimum Gasteiger partial charge on any atom is -0.479 e. The van der Waals surface area contributed by atoms with Crippen LogP contribution in [0.15, 0.2) is 58.4 Å². The molecule has 0 saturated heterocycles. The zero-order valence-corrected chi connectivity index (χ0v) is 19.6. The number of hydrogen-bond donors (Lipinski definition) is 4. The van der Waals surface area contributed by atoms with Gasteiger partial charge in [0.1, 0.15) is 0 Å². The van der Waals surface area contributed by atoms with Crippen LogP contribution in [0.1, 0.15) is 30.6 Å². The summed E-state index contributed by atoms with van der Waals surface area (Å²) in [6.45, 7) is 4.22. The van der Waals surface area contributed by atoms with Crippen molar-refractivity contribution >= 4 is 39.0 Å². The number of guanidine groups is 1. The Morgan fingerprint density at radius 1 is 1.24 bits per heavy atom. The van der Waals surface area contributed by atoms with E-state index >= 15 is 0 Å². The van der Waals surface area contributed by atoms with Crippen molar-refractivity contribution in [3.8, 4) is 0 Å². The SMILES string of the molecule is CCON(C(=O)c1ccccc1NC1=NCCCN1)c1ccc(S(=O)(=O)[C@](C)(N)C(=O)O)cc1. The molecule has 182 valence electrons. The number of anilines is 2. The number of aliphatic imine (C=N–C) groups is 1. The summed E-state index contributed by atoms with van der Waals surface area (Å²) in [6.07, 6.45) is 0.922. The second-order valence-corrected chi connectivity index (χ2v) is 9.93. The number of aliphatic carboxylic acids is 1. The van der Waals surface area contributed by atoms with E-state index in [0.29, 0.717) is 23.8 Å². The molecule has 0 saturated carbocycles. The lowest BCUT2D eigenvalue weighted by Gasteiger charge is -2.24. The number of sulfone groups is 1. The number of rotatable bonds is 8. The van der Waals surface area contributed by atoms with Gasteiger partial charge in [-0.25, -0.2) is 13.2 Å². The molecule has 1 atom stereocenters. The minimum atomic E-state index is -4.38. The van der Waals surface area contributed by atoms with Crippen molar-refractivity contribution in [2.45, 2.75) is 30.0 Å². The molecule has 1 aliphatic heterocycles. The molecule has 0 fully saturated rings. The highest BCUT2D eigenvalue weighted by Crippen LogP contribution is 2.27. The Labute approximate surface area is 197 Å². The van der Waals surface area contributed by atoms with Crippen LogP contribution in [0.25, 0.3) is 0 Å². The van der Waals surface area contributed by atoms with E-state index < -0.39 is 26.6 Å². The van der Waals surface area contributed by atoms with Gasteiger partial charge in [0.15, 0.2) is 5.96 Å². The Kier molecular flexibility index (Phi) is 7.54. The lowest BCUT2D eigenvalue weighted by Crippen LogP contribution is -2.51. The first kappa shape index (κ1) is 25.1. The van der Waals surface area contributed by atoms with Gasteiger partial charge in [-0.2, -0.15) is 5.06 Å². The van der Waals surface area contributed by atoms with Crippen LogP contribution in [-0.4, -0.2) is 55.9 Å². The number of carboxylic acid groups (broad SMARTS) is 1. The standard InChI is InChI=1S/C22H27N5O6S/c1-3-33-27(15-9-11-16(12-10-15)34(31,32)22(2,23)20(29)30)19(28)17-7-4-5-8-18(17)26-21-24-13-6-14-25-21/h4-5,7-12H,3,6,13-14,23H2,1-2H3,(H,29,30)(H2,24,25,26)/t22-/m0/s1. The van der Waals surface area contributed by atoms with Crippen molar-refractivity contribution in [2.24, 2.45) is 10.7 Å². The van der Waals surface area contributed by atoms with E-state index in [9.17, 15) is 23.1 Å². The van der Waals surface area contributed by atoms with E-state index in [4.69, 9.17) is 10.6 Å². The van der Waals surface area contributed by atoms with Gasteiger partial charge < -0.3 is 21.5 Å². The molecule has 0 aliphatic carbocycles. The number of nitrogens with one attached hydrogen (secondary N) is 2. The first-order valence-corrected chi connectivity index (χ1v) is 12.1. The summed E-state index contributed by atoms with van der Waals surface area (Å²) >= 11 is 0. The van der Waals surface area contributed by atoms with Gasteiger partial charge in [0, 0.05) is 13.1 Å². The Balaban J connectivity index is 1.92. The maximum Gasteiger partial charge on any atom is 0.339 e. The van der Waals surface area contributed by atoms with Crippen molar-refractivity contribution in [1.29, 1.82) is 0 Å². The molecule has 1 heterocycles. The Hall–Kier alpha value is -3.48. The maximum absolute atomic E-state index is 13.4. The predicted molar refractivity (Wildman–Crippen MR) is 127 cm³/mol. The fourth-order valence-electron chi connectivity index (χ4n) is 3.13. The van der Waals surface area contributed by atoms with Crippen LogP contribution in [0.5, 0.6) is 0 Å². The van der Waals surface area contributed by atoms with Crippen LogP contribution in [0.3, 0.4) is 0 Å². The largest absolute Gasteiger partial charge is 0.479 e. The van der Waals surface area contributed by atoms with Gasteiger partial charge >= 0.3 is 5.97 Å². The quantitative estimate of drug-likeness (QED) is 0.403. The smallest absolute Gasteiger partial charge is 0.339 e. The highest BCUT2D eigenvalue weighted by atomic mass is 32.2. The van der Waals surface area contributed by atoms with E-state index in [1.807, 2.05) is 0 Å². The number of carbonyl (C=O) groups excluding carboxylic acids is 1. The number of hydrogen-bond acceptors (Lipinski definition) is 9. The molecular weight excluding hydrogens is 462 g/mol. The van der Waals surface area contributed by atoms with Crippen molar-refractivity contribution in [3.05, 3.63) is 54.1 Å². The fraction of sp³-hybridized carbons (Fsp3) is 0.318. The van der Waals surface area contributed by atoms with Crippen molar-refractivity contribution in [1.82, 2.24) is 5.32 Å². The number of benzene rings is 2. The number of nitrogens with zero attached hydrogens (tertiary/aromatic N) is 2. The lowest BCUT2D eigenvalue weighted by atomic mass is 10.1. The number of para-hydroxylation sites is 1. The Morgan fingerprint density at radius 2 is 1.91 bits per heavy atom. The number of carbonyl (C=O) groups is 2. The Bertz CT molecular complexity index is 1190. The summed E-state index contributed by atoms with van der Waals surface area (Å²) < 4.78 is 25.3. The van der Waals surface area contributed by atoms with Crippen LogP contribution in [0.4, 0.5) is 11.4 Å². The molecule has 0 radical (unpaired) electrons. The van der Waals surface area contributed by atoms with Gasteiger partial charge in [0.2, 0.25) is 14.7 Å². The van der Waals surface area contributed by atoms with E-state index in [1.54, 1.807) is 31.2 Å².